The third kappa shape index (κ3) is 1.55. The Hall–Kier alpha value is -1.23. The first-order valence-corrected chi connectivity index (χ1v) is 4.79. The molecule has 1 aromatic rings. The van der Waals surface area contributed by atoms with E-state index in [2.05, 4.69) is 15.4 Å². The Labute approximate surface area is 82.5 Å². The van der Waals surface area contributed by atoms with Crippen molar-refractivity contribution in [3.8, 4) is 0 Å². The Morgan fingerprint density at radius 1 is 1.57 bits per heavy atom. The van der Waals surface area contributed by atoms with Crippen LogP contribution in [0.3, 0.4) is 0 Å². The van der Waals surface area contributed by atoms with Crippen LogP contribution in [0.2, 0.25) is 0 Å². The second-order valence-corrected chi connectivity index (χ2v) is 3.61. The summed E-state index contributed by atoms with van der Waals surface area (Å²) in [5.41, 5.74) is 0. The zero-order valence-corrected chi connectivity index (χ0v) is 8.45. The molecule has 1 saturated heterocycles. The number of piperidine rings is 1. The van der Waals surface area contributed by atoms with Crippen molar-refractivity contribution in [1.29, 1.82) is 0 Å². The van der Waals surface area contributed by atoms with Crippen molar-refractivity contribution in [2.45, 2.75) is 19.3 Å². The third-order valence-electron chi connectivity index (χ3n) is 2.50. The molecule has 2 heterocycles. The van der Waals surface area contributed by atoms with Crippen molar-refractivity contribution in [2.75, 3.05) is 13.1 Å². The molecule has 1 aromatic heterocycles. The van der Waals surface area contributed by atoms with Crippen molar-refractivity contribution in [2.24, 2.45) is 7.05 Å². The molecule has 1 unspecified atom stereocenters. The minimum Gasteiger partial charge on any atom is -0.315 e. The molecule has 0 bridgehead atoms. The quantitative estimate of drug-likeness (QED) is 0.671. The van der Waals surface area contributed by atoms with Crippen LogP contribution in [0.1, 0.15) is 24.0 Å². The van der Waals surface area contributed by atoms with Gasteiger partial charge in [0, 0.05) is 26.6 Å². The second kappa shape index (κ2) is 3.49. The van der Waals surface area contributed by atoms with Crippen LogP contribution in [0, 0.1) is 6.92 Å². The lowest BCUT2D eigenvalue weighted by molar-refractivity contribution is -0.121. The van der Waals surface area contributed by atoms with E-state index in [4.69, 9.17) is 0 Å². The van der Waals surface area contributed by atoms with Gasteiger partial charge in [0.25, 0.3) is 0 Å². The number of aryl methyl sites for hydroxylation is 2. The van der Waals surface area contributed by atoms with Crippen LogP contribution < -0.4 is 5.32 Å². The molecule has 1 atom stereocenters. The number of nitrogens with one attached hydrogen (secondary N) is 1. The van der Waals surface area contributed by atoms with E-state index in [0.717, 1.165) is 18.2 Å². The molecule has 76 valence electrons. The fourth-order valence-corrected chi connectivity index (χ4v) is 1.81. The predicted molar refractivity (Wildman–Crippen MR) is 51.0 cm³/mol. The summed E-state index contributed by atoms with van der Waals surface area (Å²) in [7, 11) is 1.83. The van der Waals surface area contributed by atoms with Crippen molar-refractivity contribution in [3.05, 3.63) is 11.6 Å². The average Bonchev–Trinajstić information content (AvgIpc) is 2.46. The standard InChI is InChI=1S/C9H14N4O/c1-6-11-9(13(2)12-6)7-5-10-4-3-8(7)14/h7,10H,3-5H2,1-2H3. The number of aromatic nitrogens is 3. The molecule has 0 saturated carbocycles. The second-order valence-electron chi connectivity index (χ2n) is 3.61. The largest absolute Gasteiger partial charge is 0.315 e. The highest BCUT2D eigenvalue weighted by atomic mass is 16.1. The van der Waals surface area contributed by atoms with Gasteiger partial charge in [-0.25, -0.2) is 4.98 Å². The summed E-state index contributed by atoms with van der Waals surface area (Å²) in [6, 6.07) is 0. The van der Waals surface area contributed by atoms with E-state index in [0.29, 0.717) is 13.0 Å². The number of ketones is 1. The van der Waals surface area contributed by atoms with Gasteiger partial charge in [0.2, 0.25) is 0 Å². The van der Waals surface area contributed by atoms with Gasteiger partial charge < -0.3 is 5.32 Å². The van der Waals surface area contributed by atoms with E-state index in [1.54, 1.807) is 4.68 Å². The minimum atomic E-state index is -0.116. The van der Waals surface area contributed by atoms with E-state index in [1.807, 2.05) is 14.0 Å². The molecule has 1 aliphatic rings. The predicted octanol–water partition coefficient (Wildman–Crippen LogP) is -0.230. The van der Waals surface area contributed by atoms with Gasteiger partial charge in [0.1, 0.15) is 17.4 Å². The lowest BCUT2D eigenvalue weighted by Crippen LogP contribution is -2.36. The van der Waals surface area contributed by atoms with Gasteiger partial charge in [-0.2, -0.15) is 5.10 Å². The van der Waals surface area contributed by atoms with Crippen LogP contribution in [0.4, 0.5) is 0 Å². The van der Waals surface area contributed by atoms with Crippen LogP contribution >= 0.6 is 0 Å². The number of hydrogen-bond donors (Lipinski definition) is 1. The first kappa shape index (κ1) is 9.33. The summed E-state index contributed by atoms with van der Waals surface area (Å²) >= 11 is 0. The monoisotopic (exact) mass is 194 g/mol. The van der Waals surface area contributed by atoms with Crippen molar-refractivity contribution in [1.82, 2.24) is 20.1 Å². The van der Waals surface area contributed by atoms with Gasteiger partial charge in [-0.3, -0.25) is 9.48 Å². The van der Waals surface area contributed by atoms with Crippen LogP contribution in [-0.2, 0) is 11.8 Å². The van der Waals surface area contributed by atoms with E-state index < -0.39 is 0 Å². The Balaban J connectivity index is 2.28. The number of carbonyl (C=O) groups is 1. The van der Waals surface area contributed by atoms with Crippen molar-refractivity contribution >= 4 is 5.78 Å². The molecule has 0 radical (unpaired) electrons. The van der Waals surface area contributed by atoms with Crippen LogP contribution in [0.15, 0.2) is 0 Å². The summed E-state index contributed by atoms with van der Waals surface area (Å²) in [4.78, 5) is 15.9. The van der Waals surface area contributed by atoms with Crippen LogP contribution in [0.5, 0.6) is 0 Å². The molecule has 0 spiro atoms. The first-order chi connectivity index (χ1) is 6.68. The highest BCUT2D eigenvalue weighted by Gasteiger charge is 2.27. The molecule has 0 amide bonds. The maximum atomic E-state index is 11.6. The molecule has 1 fully saturated rings. The maximum Gasteiger partial charge on any atom is 0.147 e. The molecule has 5 nitrogen and oxygen atoms in total. The number of carbonyl (C=O) groups excluding carboxylic acids is 1. The SMILES string of the molecule is Cc1nc(C2CNCCC2=O)n(C)n1. The lowest BCUT2D eigenvalue weighted by atomic mass is 9.97. The molecule has 14 heavy (non-hydrogen) atoms. The smallest absolute Gasteiger partial charge is 0.147 e. The zero-order valence-electron chi connectivity index (χ0n) is 8.45. The fraction of sp³-hybridized carbons (Fsp3) is 0.667. The summed E-state index contributed by atoms with van der Waals surface area (Å²) < 4.78 is 1.70. The van der Waals surface area contributed by atoms with Crippen LogP contribution in [-0.4, -0.2) is 33.6 Å². The Bertz CT molecular complexity index is 358. The minimum absolute atomic E-state index is 0.116. The Kier molecular flexibility index (Phi) is 2.33. The van der Waals surface area contributed by atoms with Crippen LogP contribution in [0.25, 0.3) is 0 Å². The zero-order chi connectivity index (χ0) is 10.1. The highest BCUT2D eigenvalue weighted by molar-refractivity contribution is 5.86. The number of rotatable bonds is 1. The molecular formula is C9H14N4O. The topological polar surface area (TPSA) is 59.8 Å². The summed E-state index contributed by atoms with van der Waals surface area (Å²) in [5, 5.41) is 7.34. The molecule has 1 aliphatic heterocycles. The maximum absolute atomic E-state index is 11.6. The van der Waals surface area contributed by atoms with Crippen molar-refractivity contribution in [3.63, 3.8) is 0 Å². The third-order valence-corrected chi connectivity index (χ3v) is 2.50. The Morgan fingerprint density at radius 3 is 2.93 bits per heavy atom. The molecule has 2 rings (SSSR count). The number of Topliss-reactive ketones (excluding diaryl/α,β-unsaturated/α-hetero) is 1. The molecule has 5 heteroatoms. The van der Waals surface area contributed by atoms with Gasteiger partial charge in [-0.15, -0.1) is 0 Å². The van der Waals surface area contributed by atoms with Gasteiger partial charge >= 0.3 is 0 Å². The van der Waals surface area contributed by atoms with Gasteiger partial charge in [0.05, 0.1) is 5.92 Å². The molecule has 0 aromatic carbocycles. The summed E-state index contributed by atoms with van der Waals surface area (Å²) in [6.07, 6.45) is 0.594. The first-order valence-electron chi connectivity index (χ1n) is 4.79. The number of nitrogens with zero attached hydrogens (tertiary/aromatic N) is 3. The van der Waals surface area contributed by atoms with E-state index in [1.165, 1.54) is 0 Å². The molecule has 1 N–H and O–H groups in total. The van der Waals surface area contributed by atoms with Gasteiger partial charge in [-0.05, 0) is 6.92 Å². The average molecular weight is 194 g/mol. The number of hydrogen-bond acceptors (Lipinski definition) is 4. The normalized spacial score (nSPS) is 22.7. The van der Waals surface area contributed by atoms with Crippen molar-refractivity contribution < 1.29 is 4.79 Å². The Morgan fingerprint density at radius 2 is 2.36 bits per heavy atom. The summed E-state index contributed by atoms with van der Waals surface area (Å²) in [6.45, 7) is 3.31. The van der Waals surface area contributed by atoms with Gasteiger partial charge in [0.15, 0.2) is 0 Å². The molecule has 0 aliphatic carbocycles. The fourth-order valence-electron chi connectivity index (χ4n) is 1.81. The molecular weight excluding hydrogens is 180 g/mol. The van der Waals surface area contributed by atoms with E-state index >= 15 is 0 Å². The van der Waals surface area contributed by atoms with Gasteiger partial charge in [-0.1, -0.05) is 0 Å². The van der Waals surface area contributed by atoms with E-state index in [9.17, 15) is 4.79 Å². The highest BCUT2D eigenvalue weighted by Crippen LogP contribution is 2.17. The summed E-state index contributed by atoms with van der Waals surface area (Å²) in [5.74, 6) is 1.65. The lowest BCUT2D eigenvalue weighted by Gasteiger charge is -2.20. The van der Waals surface area contributed by atoms with E-state index in [-0.39, 0.29) is 11.7 Å².